The number of anilines is 1. The molecule has 0 radical (unpaired) electrons. The van der Waals surface area contributed by atoms with Crippen molar-refractivity contribution in [1.82, 2.24) is 14.9 Å². The summed E-state index contributed by atoms with van der Waals surface area (Å²) in [5.41, 5.74) is 1.67. The van der Waals surface area contributed by atoms with Gasteiger partial charge in [0.05, 0.1) is 5.56 Å². The Kier molecular flexibility index (Phi) is 4.09. The predicted molar refractivity (Wildman–Crippen MR) is 93.0 cm³/mol. The maximum Gasteiger partial charge on any atom is 0.256 e. The van der Waals surface area contributed by atoms with E-state index in [-0.39, 0.29) is 5.56 Å². The first-order chi connectivity index (χ1) is 12.4. The molecule has 5 nitrogen and oxygen atoms in total. The van der Waals surface area contributed by atoms with Crippen LogP contribution in [0.25, 0.3) is 0 Å². The monoisotopic (exact) mass is 358 g/mol. The third-order valence-corrected chi connectivity index (χ3v) is 5.21. The highest BCUT2D eigenvalue weighted by Gasteiger charge is 2.43. The van der Waals surface area contributed by atoms with Crippen LogP contribution in [-0.4, -0.2) is 47.0 Å². The van der Waals surface area contributed by atoms with E-state index in [9.17, 15) is 13.6 Å². The molecule has 2 aromatic rings. The van der Waals surface area contributed by atoms with E-state index in [1.165, 1.54) is 12.1 Å². The van der Waals surface area contributed by atoms with Crippen LogP contribution < -0.4 is 4.90 Å². The van der Waals surface area contributed by atoms with Gasteiger partial charge in [-0.1, -0.05) is 6.07 Å². The molecule has 2 fully saturated rings. The Morgan fingerprint density at radius 2 is 1.65 bits per heavy atom. The van der Waals surface area contributed by atoms with Crippen LogP contribution in [0.4, 0.5) is 14.7 Å². The second-order valence-electron chi connectivity index (χ2n) is 7.19. The molecule has 2 aliphatic rings. The van der Waals surface area contributed by atoms with Crippen molar-refractivity contribution in [3.05, 3.63) is 52.9 Å². The molecule has 0 spiro atoms. The zero-order valence-electron chi connectivity index (χ0n) is 14.7. The van der Waals surface area contributed by atoms with E-state index in [2.05, 4.69) is 14.9 Å². The number of benzene rings is 1. The highest BCUT2D eigenvalue weighted by molar-refractivity contribution is 5.94. The van der Waals surface area contributed by atoms with E-state index >= 15 is 0 Å². The van der Waals surface area contributed by atoms with Crippen molar-refractivity contribution in [3.63, 3.8) is 0 Å². The molecule has 3 heterocycles. The van der Waals surface area contributed by atoms with Gasteiger partial charge >= 0.3 is 0 Å². The number of carbonyl (C=O) groups excluding carboxylic acids is 1. The molecule has 0 N–H and O–H groups in total. The molecule has 1 aromatic carbocycles. The van der Waals surface area contributed by atoms with E-state index < -0.39 is 17.5 Å². The van der Waals surface area contributed by atoms with Crippen LogP contribution in [0.5, 0.6) is 0 Å². The van der Waals surface area contributed by atoms with Crippen LogP contribution in [0.2, 0.25) is 0 Å². The van der Waals surface area contributed by atoms with Crippen molar-refractivity contribution in [2.75, 3.05) is 31.1 Å². The van der Waals surface area contributed by atoms with E-state index in [1.54, 1.807) is 4.90 Å². The molecule has 2 saturated heterocycles. The van der Waals surface area contributed by atoms with Gasteiger partial charge in [0.25, 0.3) is 5.91 Å². The van der Waals surface area contributed by atoms with Gasteiger partial charge in [0.2, 0.25) is 5.95 Å². The SMILES string of the molecule is Cc1cc(C)nc(N2CC3CN(C(=O)c4cccc(F)c4F)CC3C2)n1. The highest BCUT2D eigenvalue weighted by atomic mass is 19.2. The molecule has 0 aliphatic carbocycles. The summed E-state index contributed by atoms with van der Waals surface area (Å²) >= 11 is 0. The molecular formula is C19H20F2N4O. The molecule has 26 heavy (non-hydrogen) atoms. The summed E-state index contributed by atoms with van der Waals surface area (Å²) in [5, 5.41) is 0. The van der Waals surface area contributed by atoms with E-state index in [0.717, 1.165) is 36.5 Å². The number of hydrogen-bond acceptors (Lipinski definition) is 4. The Labute approximate surface area is 150 Å². The van der Waals surface area contributed by atoms with Crippen molar-refractivity contribution in [2.24, 2.45) is 11.8 Å². The van der Waals surface area contributed by atoms with Crippen molar-refractivity contribution in [1.29, 1.82) is 0 Å². The molecule has 7 heteroatoms. The summed E-state index contributed by atoms with van der Waals surface area (Å²) < 4.78 is 27.3. The number of aryl methyl sites for hydroxylation is 2. The average Bonchev–Trinajstić information content (AvgIpc) is 3.15. The zero-order chi connectivity index (χ0) is 18.4. The summed E-state index contributed by atoms with van der Waals surface area (Å²) in [7, 11) is 0. The van der Waals surface area contributed by atoms with Gasteiger partial charge in [0, 0.05) is 49.4 Å². The number of fused-ring (bicyclic) bond motifs is 1. The summed E-state index contributed by atoms with van der Waals surface area (Å²) in [6, 6.07) is 5.66. The van der Waals surface area contributed by atoms with E-state index in [4.69, 9.17) is 0 Å². The number of halogens is 2. The minimum Gasteiger partial charge on any atom is -0.340 e. The topological polar surface area (TPSA) is 49.3 Å². The molecule has 136 valence electrons. The maximum atomic E-state index is 13.9. The average molecular weight is 358 g/mol. The fourth-order valence-corrected chi connectivity index (χ4v) is 4.01. The summed E-state index contributed by atoms with van der Waals surface area (Å²) in [5.74, 6) is -1.19. The Morgan fingerprint density at radius 1 is 1.04 bits per heavy atom. The summed E-state index contributed by atoms with van der Waals surface area (Å²) in [4.78, 5) is 25.4. The minimum atomic E-state index is -1.07. The number of rotatable bonds is 2. The Balaban J connectivity index is 1.46. The normalized spacial score (nSPS) is 22.0. The van der Waals surface area contributed by atoms with Crippen LogP contribution in [0, 0.1) is 37.3 Å². The third kappa shape index (κ3) is 2.91. The number of hydrogen-bond donors (Lipinski definition) is 0. The number of nitrogens with zero attached hydrogens (tertiary/aromatic N) is 4. The van der Waals surface area contributed by atoms with Crippen molar-refractivity contribution >= 4 is 11.9 Å². The van der Waals surface area contributed by atoms with E-state index in [0.29, 0.717) is 24.9 Å². The second-order valence-corrected chi connectivity index (χ2v) is 7.19. The van der Waals surface area contributed by atoms with Gasteiger partial charge in [-0.2, -0.15) is 0 Å². The quantitative estimate of drug-likeness (QED) is 0.828. The van der Waals surface area contributed by atoms with Crippen LogP contribution in [0.1, 0.15) is 21.7 Å². The molecular weight excluding hydrogens is 338 g/mol. The fourth-order valence-electron chi connectivity index (χ4n) is 4.01. The lowest BCUT2D eigenvalue weighted by Gasteiger charge is -2.22. The summed E-state index contributed by atoms with van der Waals surface area (Å²) in [6.07, 6.45) is 0. The smallest absolute Gasteiger partial charge is 0.256 e. The van der Waals surface area contributed by atoms with Gasteiger partial charge in [-0.05, 0) is 32.0 Å². The largest absolute Gasteiger partial charge is 0.340 e. The molecule has 2 unspecified atom stereocenters. The Bertz CT molecular complexity index is 838. The first kappa shape index (κ1) is 16.9. The van der Waals surface area contributed by atoms with Crippen molar-refractivity contribution in [2.45, 2.75) is 13.8 Å². The van der Waals surface area contributed by atoms with Crippen LogP contribution in [-0.2, 0) is 0 Å². The van der Waals surface area contributed by atoms with Gasteiger partial charge in [0.1, 0.15) is 0 Å². The third-order valence-electron chi connectivity index (χ3n) is 5.21. The lowest BCUT2D eigenvalue weighted by Crippen LogP contribution is -2.34. The van der Waals surface area contributed by atoms with Crippen LogP contribution in [0.15, 0.2) is 24.3 Å². The number of carbonyl (C=O) groups is 1. The van der Waals surface area contributed by atoms with Gasteiger partial charge in [0.15, 0.2) is 11.6 Å². The van der Waals surface area contributed by atoms with Crippen LogP contribution >= 0.6 is 0 Å². The molecule has 1 amide bonds. The number of amides is 1. The lowest BCUT2D eigenvalue weighted by atomic mass is 10.0. The van der Waals surface area contributed by atoms with Crippen LogP contribution in [0.3, 0.4) is 0 Å². The molecule has 1 aromatic heterocycles. The van der Waals surface area contributed by atoms with Gasteiger partial charge in [-0.3, -0.25) is 4.79 Å². The molecule has 4 rings (SSSR count). The second kappa shape index (κ2) is 6.30. The molecule has 2 atom stereocenters. The fraction of sp³-hybridized carbons (Fsp3) is 0.421. The highest BCUT2D eigenvalue weighted by Crippen LogP contribution is 2.33. The minimum absolute atomic E-state index is 0.195. The van der Waals surface area contributed by atoms with E-state index in [1.807, 2.05) is 19.9 Å². The summed E-state index contributed by atoms with van der Waals surface area (Å²) in [6.45, 7) is 6.51. The Hall–Kier alpha value is -2.57. The first-order valence-corrected chi connectivity index (χ1v) is 8.73. The molecule has 2 aliphatic heterocycles. The van der Waals surface area contributed by atoms with Crippen molar-refractivity contribution < 1.29 is 13.6 Å². The van der Waals surface area contributed by atoms with Crippen molar-refractivity contribution in [3.8, 4) is 0 Å². The Morgan fingerprint density at radius 3 is 2.27 bits per heavy atom. The number of aromatic nitrogens is 2. The zero-order valence-corrected chi connectivity index (χ0v) is 14.7. The first-order valence-electron chi connectivity index (χ1n) is 8.73. The lowest BCUT2D eigenvalue weighted by molar-refractivity contribution is 0.0776. The molecule has 0 bridgehead atoms. The predicted octanol–water partition coefficient (Wildman–Crippen LogP) is 2.58. The maximum absolute atomic E-state index is 13.9. The van der Waals surface area contributed by atoms with Gasteiger partial charge < -0.3 is 9.80 Å². The van der Waals surface area contributed by atoms with Gasteiger partial charge in [-0.15, -0.1) is 0 Å². The van der Waals surface area contributed by atoms with Gasteiger partial charge in [-0.25, -0.2) is 18.7 Å². The number of likely N-dealkylation sites (tertiary alicyclic amines) is 1. The molecule has 0 saturated carbocycles. The standard InChI is InChI=1S/C19H20F2N4O/c1-11-6-12(2)23-19(22-11)25-9-13-7-24(8-14(13)10-25)18(26)15-4-3-5-16(20)17(15)21/h3-6,13-14H,7-10H2,1-2H3.